The summed E-state index contributed by atoms with van der Waals surface area (Å²) in [6.45, 7) is 10.4. The Kier molecular flexibility index (Phi) is 8.04. The van der Waals surface area contributed by atoms with Crippen molar-refractivity contribution >= 4 is 0 Å². The van der Waals surface area contributed by atoms with Crippen LogP contribution >= 0.6 is 0 Å². The number of rotatable bonds is 9. The van der Waals surface area contributed by atoms with E-state index in [4.69, 9.17) is 4.74 Å². The van der Waals surface area contributed by atoms with Gasteiger partial charge in [0.05, 0.1) is 5.69 Å². The molecular weight excluding hydrogens is 360 g/mol. The first kappa shape index (κ1) is 21.8. The maximum absolute atomic E-state index is 6.06. The summed E-state index contributed by atoms with van der Waals surface area (Å²) in [5.41, 5.74) is 4.67. The summed E-state index contributed by atoms with van der Waals surface area (Å²) in [5.74, 6) is 0.980. The quantitative estimate of drug-likeness (QED) is 0.704. The molecule has 1 N–H and O–H groups in total. The molecule has 5 nitrogen and oxygen atoms in total. The second-order valence-electron chi connectivity index (χ2n) is 8.47. The van der Waals surface area contributed by atoms with Crippen LogP contribution in [0.5, 0.6) is 5.75 Å². The normalized spacial score (nSPS) is 15.8. The molecule has 3 rings (SSSR count). The average Bonchev–Trinajstić information content (AvgIpc) is 2.71. The monoisotopic (exact) mass is 396 g/mol. The first-order valence-electron chi connectivity index (χ1n) is 10.7. The maximum Gasteiger partial charge on any atom is 0.130 e. The van der Waals surface area contributed by atoms with Gasteiger partial charge < -0.3 is 19.9 Å². The Morgan fingerprint density at radius 3 is 2.48 bits per heavy atom. The molecule has 0 amide bonds. The zero-order valence-corrected chi connectivity index (χ0v) is 18.4. The second-order valence-corrected chi connectivity index (χ2v) is 8.47. The van der Waals surface area contributed by atoms with Crippen molar-refractivity contribution in [1.29, 1.82) is 0 Å². The van der Waals surface area contributed by atoms with Gasteiger partial charge in [-0.25, -0.2) is 0 Å². The molecule has 0 bridgehead atoms. The van der Waals surface area contributed by atoms with Crippen LogP contribution in [0.2, 0.25) is 0 Å². The Morgan fingerprint density at radius 1 is 1.14 bits per heavy atom. The maximum atomic E-state index is 6.06. The molecule has 1 aliphatic rings. The summed E-state index contributed by atoms with van der Waals surface area (Å²) in [7, 11) is 4.29. The minimum Gasteiger partial charge on any atom is -0.487 e. The van der Waals surface area contributed by atoms with E-state index in [0.717, 1.165) is 24.5 Å². The van der Waals surface area contributed by atoms with Crippen LogP contribution in [0.25, 0.3) is 0 Å². The number of aromatic nitrogens is 1. The third-order valence-electron chi connectivity index (χ3n) is 5.66. The number of nitrogens with zero attached hydrogens (tertiary/aromatic N) is 3. The lowest BCUT2D eigenvalue weighted by molar-refractivity contribution is 0.182. The van der Waals surface area contributed by atoms with Crippen molar-refractivity contribution in [3.63, 3.8) is 0 Å². The molecule has 1 aliphatic heterocycles. The molecule has 1 aromatic carbocycles. The van der Waals surface area contributed by atoms with Crippen LogP contribution in [0.4, 0.5) is 0 Å². The molecule has 0 atom stereocenters. The fourth-order valence-corrected chi connectivity index (χ4v) is 3.96. The van der Waals surface area contributed by atoms with E-state index < -0.39 is 0 Å². The Labute approximate surface area is 176 Å². The Bertz CT molecular complexity index is 732. The smallest absolute Gasteiger partial charge is 0.130 e. The van der Waals surface area contributed by atoms with E-state index in [2.05, 4.69) is 60.2 Å². The van der Waals surface area contributed by atoms with Crippen LogP contribution < -0.4 is 10.1 Å². The van der Waals surface area contributed by atoms with Crippen molar-refractivity contribution in [1.82, 2.24) is 20.1 Å². The van der Waals surface area contributed by atoms with Crippen LogP contribution in [0.1, 0.15) is 35.2 Å². The van der Waals surface area contributed by atoms with Crippen LogP contribution in [0, 0.1) is 13.8 Å². The number of ether oxygens (including phenoxy) is 1. The summed E-state index contributed by atoms with van der Waals surface area (Å²) in [4.78, 5) is 9.18. The molecule has 0 radical (unpaired) electrons. The zero-order valence-electron chi connectivity index (χ0n) is 18.4. The molecular formula is C24H36N4O. The molecule has 29 heavy (non-hydrogen) atoms. The number of piperidine rings is 1. The fraction of sp³-hybridized carbons (Fsp3) is 0.542. The van der Waals surface area contributed by atoms with Crippen molar-refractivity contribution in [2.24, 2.45) is 0 Å². The molecule has 0 spiro atoms. The van der Waals surface area contributed by atoms with Crippen molar-refractivity contribution in [2.75, 3.05) is 40.3 Å². The van der Waals surface area contributed by atoms with E-state index >= 15 is 0 Å². The number of aryl methyl sites for hydroxylation is 2. The molecule has 2 aromatic rings. The standard InChI is InChI=1S/C24H36N4O/c1-19-15-21(16-20(2)24(19)29-18-23-7-5-6-10-25-23)17-26-22-8-11-28(12-9-22)14-13-27(3)4/h5-7,10,15-16,22,26H,8-9,11-14,17-18H2,1-4H3. The average molecular weight is 397 g/mol. The highest BCUT2D eigenvalue weighted by molar-refractivity contribution is 5.43. The molecule has 1 saturated heterocycles. The Hall–Kier alpha value is -1.95. The summed E-state index contributed by atoms with van der Waals surface area (Å²) < 4.78 is 6.06. The van der Waals surface area contributed by atoms with E-state index in [-0.39, 0.29) is 0 Å². The highest BCUT2D eigenvalue weighted by atomic mass is 16.5. The van der Waals surface area contributed by atoms with Gasteiger partial charge in [0.25, 0.3) is 0 Å². The van der Waals surface area contributed by atoms with Crippen LogP contribution in [0.3, 0.4) is 0 Å². The number of hydrogen-bond donors (Lipinski definition) is 1. The predicted molar refractivity (Wildman–Crippen MR) is 119 cm³/mol. The number of nitrogens with one attached hydrogen (secondary N) is 1. The molecule has 158 valence electrons. The summed E-state index contributed by atoms with van der Waals surface area (Å²) in [5, 5.41) is 3.77. The minimum absolute atomic E-state index is 0.506. The third-order valence-corrected chi connectivity index (χ3v) is 5.66. The molecule has 5 heteroatoms. The Balaban J connectivity index is 1.47. The van der Waals surface area contributed by atoms with Gasteiger partial charge >= 0.3 is 0 Å². The zero-order chi connectivity index (χ0) is 20.6. The van der Waals surface area contributed by atoms with Crippen LogP contribution in [0.15, 0.2) is 36.5 Å². The van der Waals surface area contributed by atoms with Gasteiger partial charge in [-0.1, -0.05) is 18.2 Å². The Morgan fingerprint density at radius 2 is 1.86 bits per heavy atom. The largest absolute Gasteiger partial charge is 0.487 e. The number of pyridine rings is 1. The molecule has 2 heterocycles. The van der Waals surface area contributed by atoms with E-state index in [1.165, 1.54) is 49.2 Å². The van der Waals surface area contributed by atoms with Crippen molar-refractivity contribution in [2.45, 2.75) is 45.9 Å². The van der Waals surface area contributed by atoms with Crippen LogP contribution in [-0.2, 0) is 13.2 Å². The van der Waals surface area contributed by atoms with Gasteiger partial charge in [0.2, 0.25) is 0 Å². The topological polar surface area (TPSA) is 40.6 Å². The number of benzene rings is 1. The SMILES string of the molecule is Cc1cc(CNC2CCN(CCN(C)C)CC2)cc(C)c1OCc1ccccn1. The van der Waals surface area contributed by atoms with Gasteiger partial charge in [0.1, 0.15) is 12.4 Å². The fourth-order valence-electron chi connectivity index (χ4n) is 3.96. The molecule has 0 saturated carbocycles. The lowest BCUT2D eigenvalue weighted by atomic mass is 10.0. The first-order valence-corrected chi connectivity index (χ1v) is 10.7. The highest BCUT2D eigenvalue weighted by Gasteiger charge is 2.18. The van der Waals surface area contributed by atoms with Gasteiger partial charge in [-0.15, -0.1) is 0 Å². The van der Waals surface area contributed by atoms with Gasteiger partial charge in [0, 0.05) is 31.9 Å². The first-order chi connectivity index (χ1) is 14.0. The van der Waals surface area contributed by atoms with Gasteiger partial charge in [0.15, 0.2) is 0 Å². The third kappa shape index (κ3) is 6.81. The summed E-state index contributed by atoms with van der Waals surface area (Å²) >= 11 is 0. The van der Waals surface area contributed by atoms with Gasteiger partial charge in [-0.05, 0) is 82.7 Å². The van der Waals surface area contributed by atoms with E-state index in [1.54, 1.807) is 6.20 Å². The van der Waals surface area contributed by atoms with E-state index in [1.807, 2.05) is 18.2 Å². The van der Waals surface area contributed by atoms with Gasteiger partial charge in [-0.3, -0.25) is 4.98 Å². The second kappa shape index (κ2) is 10.7. The molecule has 1 fully saturated rings. The highest BCUT2D eigenvalue weighted by Crippen LogP contribution is 2.26. The molecule has 0 unspecified atom stereocenters. The van der Waals surface area contributed by atoms with Crippen molar-refractivity contribution < 1.29 is 4.74 Å². The molecule has 0 aliphatic carbocycles. The van der Waals surface area contributed by atoms with Gasteiger partial charge in [-0.2, -0.15) is 0 Å². The van der Waals surface area contributed by atoms with Crippen LogP contribution in [-0.4, -0.2) is 61.1 Å². The van der Waals surface area contributed by atoms with E-state index in [9.17, 15) is 0 Å². The number of likely N-dealkylation sites (N-methyl/N-ethyl adjacent to an activating group) is 1. The number of likely N-dealkylation sites (tertiary alicyclic amines) is 1. The molecule has 1 aromatic heterocycles. The van der Waals surface area contributed by atoms with E-state index in [0.29, 0.717) is 12.6 Å². The van der Waals surface area contributed by atoms with Crippen molar-refractivity contribution in [3.05, 3.63) is 58.9 Å². The number of hydrogen-bond acceptors (Lipinski definition) is 5. The lowest BCUT2D eigenvalue weighted by Gasteiger charge is -2.33. The summed E-state index contributed by atoms with van der Waals surface area (Å²) in [6.07, 6.45) is 4.27. The predicted octanol–water partition coefficient (Wildman–Crippen LogP) is 3.39. The lowest BCUT2D eigenvalue weighted by Crippen LogP contribution is -2.44. The minimum atomic E-state index is 0.506. The van der Waals surface area contributed by atoms with Crippen molar-refractivity contribution in [3.8, 4) is 5.75 Å². The summed E-state index contributed by atoms with van der Waals surface area (Å²) in [6, 6.07) is 11.0.